The number of rotatable bonds is 5. The number of carbonyl (C=O) groups is 2. The Morgan fingerprint density at radius 2 is 1.92 bits per heavy atom. The number of hydrogen-bond acceptors (Lipinski definition) is 4. The van der Waals surface area contributed by atoms with Crippen LogP contribution < -0.4 is 10.6 Å². The van der Waals surface area contributed by atoms with Gasteiger partial charge in [-0.25, -0.2) is 4.79 Å². The molecular formula is C19H24N4O3. The predicted molar refractivity (Wildman–Crippen MR) is 97.3 cm³/mol. The van der Waals surface area contributed by atoms with Crippen molar-refractivity contribution in [1.29, 1.82) is 0 Å². The summed E-state index contributed by atoms with van der Waals surface area (Å²) < 4.78 is 5.16. The minimum absolute atomic E-state index is 0.00423. The Kier molecular flexibility index (Phi) is 5.91. The number of urea groups is 1. The van der Waals surface area contributed by atoms with Crippen molar-refractivity contribution in [2.75, 3.05) is 33.2 Å². The number of carbonyl (C=O) groups excluding carboxylic acids is 2. The second-order valence-corrected chi connectivity index (χ2v) is 6.39. The van der Waals surface area contributed by atoms with Crippen LogP contribution in [0, 0.1) is 0 Å². The van der Waals surface area contributed by atoms with Crippen LogP contribution in [0.1, 0.15) is 17.4 Å². The number of nitrogens with zero attached hydrogens (tertiary/aromatic N) is 2. The summed E-state index contributed by atoms with van der Waals surface area (Å²) in [4.78, 5) is 28.6. The van der Waals surface area contributed by atoms with Crippen LogP contribution in [0.15, 0.2) is 53.1 Å². The van der Waals surface area contributed by atoms with E-state index >= 15 is 0 Å². The van der Waals surface area contributed by atoms with Crippen LogP contribution in [0.25, 0.3) is 0 Å². The largest absolute Gasteiger partial charge is 0.467 e. The van der Waals surface area contributed by atoms with Gasteiger partial charge in [0.05, 0.1) is 25.4 Å². The molecule has 1 aromatic carbocycles. The highest BCUT2D eigenvalue weighted by Gasteiger charge is 2.30. The van der Waals surface area contributed by atoms with E-state index in [1.165, 1.54) is 0 Å². The molecule has 2 heterocycles. The maximum atomic E-state index is 12.7. The summed E-state index contributed by atoms with van der Waals surface area (Å²) in [6.07, 6.45) is 1.55. The molecule has 7 heteroatoms. The summed E-state index contributed by atoms with van der Waals surface area (Å²) in [6.45, 7) is 2.50. The zero-order chi connectivity index (χ0) is 18.4. The minimum Gasteiger partial charge on any atom is -0.467 e. The van der Waals surface area contributed by atoms with Crippen LogP contribution in [-0.4, -0.2) is 55.0 Å². The average Bonchev–Trinajstić information content (AvgIpc) is 3.18. The van der Waals surface area contributed by atoms with E-state index < -0.39 is 0 Å². The van der Waals surface area contributed by atoms with E-state index in [2.05, 4.69) is 22.6 Å². The van der Waals surface area contributed by atoms with Gasteiger partial charge in [0.2, 0.25) is 5.91 Å². The molecule has 1 aliphatic heterocycles. The number of amides is 3. The third-order valence-electron chi connectivity index (χ3n) is 4.49. The lowest BCUT2D eigenvalue weighted by Gasteiger charge is -2.40. The molecule has 26 heavy (non-hydrogen) atoms. The van der Waals surface area contributed by atoms with Crippen molar-refractivity contribution in [2.45, 2.75) is 12.6 Å². The van der Waals surface area contributed by atoms with Gasteiger partial charge in [0.1, 0.15) is 5.76 Å². The number of piperazine rings is 1. The van der Waals surface area contributed by atoms with Crippen molar-refractivity contribution in [3.8, 4) is 0 Å². The van der Waals surface area contributed by atoms with E-state index in [0.29, 0.717) is 12.3 Å². The molecule has 2 N–H and O–H groups in total. The average molecular weight is 356 g/mol. The molecule has 1 fully saturated rings. The molecule has 2 aromatic rings. The second-order valence-electron chi connectivity index (χ2n) is 6.39. The van der Waals surface area contributed by atoms with Gasteiger partial charge in [-0.2, -0.15) is 0 Å². The first-order chi connectivity index (χ1) is 12.6. The van der Waals surface area contributed by atoms with Gasteiger partial charge < -0.3 is 24.9 Å². The van der Waals surface area contributed by atoms with Crippen LogP contribution >= 0.6 is 0 Å². The third-order valence-corrected chi connectivity index (χ3v) is 4.49. The molecule has 1 saturated heterocycles. The number of likely N-dealkylation sites (N-methyl/N-ethyl adjacent to an activating group) is 1. The van der Waals surface area contributed by atoms with Gasteiger partial charge >= 0.3 is 6.03 Å². The molecule has 3 rings (SSSR count). The summed E-state index contributed by atoms with van der Waals surface area (Å²) in [7, 11) is 2.05. The maximum absolute atomic E-state index is 12.7. The van der Waals surface area contributed by atoms with Gasteiger partial charge in [0, 0.05) is 19.6 Å². The zero-order valence-electron chi connectivity index (χ0n) is 14.9. The molecule has 0 radical (unpaired) electrons. The molecule has 1 aliphatic rings. The molecule has 1 atom stereocenters. The van der Waals surface area contributed by atoms with Crippen molar-refractivity contribution in [1.82, 2.24) is 20.4 Å². The second kappa shape index (κ2) is 8.53. The molecule has 3 amide bonds. The van der Waals surface area contributed by atoms with E-state index in [4.69, 9.17) is 4.42 Å². The maximum Gasteiger partial charge on any atom is 0.315 e. The SMILES string of the molecule is CN1CCN(C(=O)CNC(=O)NCc2ccco2)[C@H](c2ccccc2)C1. The monoisotopic (exact) mass is 356 g/mol. The van der Waals surface area contributed by atoms with E-state index in [1.54, 1.807) is 18.4 Å². The zero-order valence-corrected chi connectivity index (χ0v) is 14.9. The van der Waals surface area contributed by atoms with Gasteiger partial charge in [0.25, 0.3) is 0 Å². The number of hydrogen-bond donors (Lipinski definition) is 2. The van der Waals surface area contributed by atoms with Gasteiger partial charge in [-0.1, -0.05) is 30.3 Å². The Bertz CT molecular complexity index is 718. The smallest absolute Gasteiger partial charge is 0.315 e. The van der Waals surface area contributed by atoms with E-state index in [9.17, 15) is 9.59 Å². The van der Waals surface area contributed by atoms with Crippen LogP contribution in [0.2, 0.25) is 0 Å². The Morgan fingerprint density at radius 3 is 2.65 bits per heavy atom. The van der Waals surface area contributed by atoms with Gasteiger partial charge in [-0.3, -0.25) is 4.79 Å². The fourth-order valence-electron chi connectivity index (χ4n) is 3.08. The minimum atomic E-state index is -0.389. The lowest BCUT2D eigenvalue weighted by molar-refractivity contribution is -0.135. The lowest BCUT2D eigenvalue weighted by Crippen LogP contribution is -2.52. The fourth-order valence-corrected chi connectivity index (χ4v) is 3.08. The quantitative estimate of drug-likeness (QED) is 0.853. The van der Waals surface area contributed by atoms with Gasteiger partial charge in [0.15, 0.2) is 0 Å². The Balaban J connectivity index is 1.54. The van der Waals surface area contributed by atoms with Gasteiger partial charge in [-0.15, -0.1) is 0 Å². The Morgan fingerprint density at radius 1 is 1.12 bits per heavy atom. The highest BCUT2D eigenvalue weighted by molar-refractivity contribution is 5.84. The molecule has 138 valence electrons. The first kappa shape index (κ1) is 18.0. The molecule has 0 saturated carbocycles. The summed E-state index contributed by atoms with van der Waals surface area (Å²) in [6, 6.07) is 13.1. The molecule has 7 nitrogen and oxygen atoms in total. The molecule has 0 bridgehead atoms. The summed E-state index contributed by atoms with van der Waals surface area (Å²) >= 11 is 0. The predicted octanol–water partition coefficient (Wildman–Crippen LogP) is 1.59. The number of benzene rings is 1. The highest BCUT2D eigenvalue weighted by Crippen LogP contribution is 2.24. The molecule has 0 unspecified atom stereocenters. The van der Waals surface area contributed by atoms with E-state index in [1.807, 2.05) is 35.2 Å². The van der Waals surface area contributed by atoms with Crippen molar-refractivity contribution >= 4 is 11.9 Å². The van der Waals surface area contributed by atoms with Crippen molar-refractivity contribution in [3.05, 3.63) is 60.1 Å². The van der Waals surface area contributed by atoms with E-state index in [-0.39, 0.29) is 31.1 Å². The third kappa shape index (κ3) is 4.64. The normalized spacial score (nSPS) is 17.7. The van der Waals surface area contributed by atoms with Crippen molar-refractivity contribution < 1.29 is 14.0 Å². The van der Waals surface area contributed by atoms with Crippen molar-refractivity contribution in [2.24, 2.45) is 0 Å². The summed E-state index contributed by atoms with van der Waals surface area (Å²) in [5.41, 5.74) is 1.11. The first-order valence-corrected chi connectivity index (χ1v) is 8.70. The van der Waals surface area contributed by atoms with Crippen LogP contribution in [-0.2, 0) is 11.3 Å². The molecule has 0 spiro atoms. The number of furan rings is 1. The molecule has 0 aliphatic carbocycles. The lowest BCUT2D eigenvalue weighted by atomic mass is 10.0. The summed E-state index contributed by atoms with van der Waals surface area (Å²) in [5.74, 6) is 0.579. The highest BCUT2D eigenvalue weighted by atomic mass is 16.3. The van der Waals surface area contributed by atoms with Crippen LogP contribution in [0.4, 0.5) is 4.79 Å². The Hall–Kier alpha value is -2.80. The van der Waals surface area contributed by atoms with Crippen LogP contribution in [0.5, 0.6) is 0 Å². The standard InChI is InChI=1S/C19H24N4O3/c1-22-9-10-23(17(14-22)15-6-3-2-4-7-15)18(24)13-21-19(25)20-12-16-8-5-11-26-16/h2-8,11,17H,9-10,12-14H2,1H3,(H2,20,21,25)/t17-/m0/s1. The molecule has 1 aromatic heterocycles. The van der Waals surface area contributed by atoms with Crippen LogP contribution in [0.3, 0.4) is 0 Å². The molecular weight excluding hydrogens is 332 g/mol. The van der Waals surface area contributed by atoms with Crippen molar-refractivity contribution in [3.63, 3.8) is 0 Å². The number of nitrogens with one attached hydrogen (secondary N) is 2. The van der Waals surface area contributed by atoms with Gasteiger partial charge in [-0.05, 0) is 24.7 Å². The van der Waals surface area contributed by atoms with E-state index in [0.717, 1.165) is 18.7 Å². The first-order valence-electron chi connectivity index (χ1n) is 8.70. The Labute approximate surface area is 153 Å². The fraction of sp³-hybridized carbons (Fsp3) is 0.368. The summed E-state index contributed by atoms with van der Waals surface area (Å²) in [5, 5.41) is 5.30. The topological polar surface area (TPSA) is 77.8 Å².